The Kier molecular flexibility index (Phi) is 9.41. The third kappa shape index (κ3) is 7.63. The molecule has 3 aromatic rings. The van der Waals surface area contributed by atoms with Crippen molar-refractivity contribution in [2.24, 2.45) is 10.9 Å². The summed E-state index contributed by atoms with van der Waals surface area (Å²) in [6.07, 6.45) is 4.96. The lowest BCUT2D eigenvalue weighted by Gasteiger charge is -2.26. The molecule has 2 aromatic carbocycles. The number of morpholine rings is 1. The number of nitrogens with zero attached hydrogens (tertiary/aromatic N) is 3. The lowest BCUT2D eigenvalue weighted by molar-refractivity contribution is 0.0374. The zero-order valence-electron chi connectivity index (χ0n) is 22.0. The second-order valence-corrected chi connectivity index (χ2v) is 10.8. The molecule has 200 valence electrons. The summed E-state index contributed by atoms with van der Waals surface area (Å²) in [5.74, 6) is 2.87. The molecule has 1 atom stereocenters. The number of aromatic nitrogens is 1. The zero-order valence-corrected chi connectivity index (χ0v) is 23.5. The number of hydrogen-bond donors (Lipinski definition) is 2. The molecule has 0 amide bonds. The minimum atomic E-state index is 0.333. The fourth-order valence-electron chi connectivity index (χ4n) is 4.72. The van der Waals surface area contributed by atoms with Gasteiger partial charge in [0.25, 0.3) is 0 Å². The standard InChI is InChI=1S/C30H36BrN5O2/c1-22-3-4-23-5-10-27(20-29(23)35-30(22)34-25-8-6-24(31)7-9-25)38-28-11-13-33-26(19-28)21-32-12-2-14-36-15-17-37-18-16-36/h5-11,13,19-20,22,32H,2-4,12,14-18,21H2,1H3,(H,34,35). The molecular formula is C30H36BrN5O2. The molecule has 1 fully saturated rings. The van der Waals surface area contributed by atoms with E-state index < -0.39 is 0 Å². The zero-order chi connectivity index (χ0) is 26.2. The van der Waals surface area contributed by atoms with Crippen molar-refractivity contribution in [2.75, 3.05) is 44.7 Å². The van der Waals surface area contributed by atoms with Crippen LogP contribution >= 0.6 is 15.9 Å². The summed E-state index contributed by atoms with van der Waals surface area (Å²) >= 11 is 3.50. The molecule has 8 heteroatoms. The van der Waals surface area contributed by atoms with E-state index in [9.17, 15) is 0 Å². The molecule has 7 nitrogen and oxygen atoms in total. The number of benzene rings is 2. The number of rotatable bonds is 9. The molecule has 0 aliphatic carbocycles. The van der Waals surface area contributed by atoms with E-state index in [2.05, 4.69) is 61.6 Å². The van der Waals surface area contributed by atoms with Crippen molar-refractivity contribution < 1.29 is 9.47 Å². The number of aliphatic imine (C=N–C) groups is 1. The van der Waals surface area contributed by atoms with E-state index in [1.54, 1.807) is 0 Å². The molecule has 38 heavy (non-hydrogen) atoms. The summed E-state index contributed by atoms with van der Waals surface area (Å²) in [6.45, 7) is 8.79. The maximum Gasteiger partial charge on any atom is 0.130 e. The van der Waals surface area contributed by atoms with Crippen LogP contribution in [0.2, 0.25) is 0 Å². The van der Waals surface area contributed by atoms with E-state index in [4.69, 9.17) is 14.5 Å². The molecule has 0 spiro atoms. The number of halogens is 1. The third-order valence-electron chi connectivity index (χ3n) is 6.99. The number of ether oxygens (including phenoxy) is 2. The van der Waals surface area contributed by atoms with Crippen LogP contribution in [0.3, 0.4) is 0 Å². The number of anilines is 1. The molecule has 0 bridgehead atoms. The maximum atomic E-state index is 6.25. The first-order chi connectivity index (χ1) is 18.6. The first-order valence-electron chi connectivity index (χ1n) is 13.5. The maximum absolute atomic E-state index is 6.25. The highest BCUT2D eigenvalue weighted by molar-refractivity contribution is 9.10. The molecule has 1 saturated heterocycles. The average Bonchev–Trinajstić information content (AvgIpc) is 3.08. The van der Waals surface area contributed by atoms with Crippen LogP contribution in [0.1, 0.15) is 31.0 Å². The van der Waals surface area contributed by atoms with Crippen LogP contribution < -0.4 is 15.4 Å². The average molecular weight is 579 g/mol. The predicted octanol–water partition coefficient (Wildman–Crippen LogP) is 6.17. The van der Waals surface area contributed by atoms with E-state index in [1.807, 2.05) is 42.6 Å². The Hall–Kier alpha value is -2.78. The number of nitrogens with one attached hydrogen (secondary N) is 2. The number of aryl methyl sites for hydroxylation is 1. The van der Waals surface area contributed by atoms with E-state index in [-0.39, 0.29) is 0 Å². The quantitative estimate of drug-likeness (QED) is 0.296. The fourth-order valence-corrected chi connectivity index (χ4v) is 4.99. The molecule has 1 unspecified atom stereocenters. The van der Waals surface area contributed by atoms with Crippen LogP contribution in [0.4, 0.5) is 11.4 Å². The molecule has 0 radical (unpaired) electrons. The minimum Gasteiger partial charge on any atom is -0.457 e. The van der Waals surface area contributed by atoms with Crippen molar-refractivity contribution in [2.45, 2.75) is 32.7 Å². The second kappa shape index (κ2) is 13.3. The Morgan fingerprint density at radius 1 is 1.05 bits per heavy atom. The van der Waals surface area contributed by atoms with Crippen molar-refractivity contribution in [3.8, 4) is 11.5 Å². The number of amidine groups is 1. The third-order valence-corrected chi connectivity index (χ3v) is 7.52. The van der Waals surface area contributed by atoms with E-state index in [1.165, 1.54) is 5.56 Å². The fraction of sp³-hybridized carbons (Fsp3) is 0.400. The van der Waals surface area contributed by atoms with Gasteiger partial charge >= 0.3 is 0 Å². The Bertz CT molecular complexity index is 1230. The summed E-state index contributed by atoms with van der Waals surface area (Å²) < 4.78 is 12.7. The van der Waals surface area contributed by atoms with Gasteiger partial charge in [-0.25, -0.2) is 4.99 Å². The van der Waals surface area contributed by atoms with Crippen molar-refractivity contribution in [1.29, 1.82) is 0 Å². The van der Waals surface area contributed by atoms with Crippen molar-refractivity contribution in [1.82, 2.24) is 15.2 Å². The van der Waals surface area contributed by atoms with Gasteiger partial charge in [-0.15, -0.1) is 0 Å². The molecule has 0 saturated carbocycles. The molecule has 2 N–H and O–H groups in total. The summed E-state index contributed by atoms with van der Waals surface area (Å²) in [5.41, 5.74) is 4.21. The van der Waals surface area contributed by atoms with Crippen LogP contribution in [-0.4, -0.2) is 55.1 Å². The molecule has 1 aromatic heterocycles. The Balaban J connectivity index is 1.19. The monoisotopic (exact) mass is 577 g/mol. The van der Waals surface area contributed by atoms with Gasteiger partial charge in [0.2, 0.25) is 0 Å². The normalized spacial score (nSPS) is 17.8. The van der Waals surface area contributed by atoms with Gasteiger partial charge in [0.05, 0.1) is 24.6 Å². The second-order valence-electron chi connectivity index (χ2n) is 9.93. The molecule has 2 aliphatic heterocycles. The highest BCUT2D eigenvalue weighted by Gasteiger charge is 2.18. The van der Waals surface area contributed by atoms with E-state index in [0.717, 1.165) is 104 Å². The van der Waals surface area contributed by atoms with Crippen molar-refractivity contribution >= 4 is 33.1 Å². The van der Waals surface area contributed by atoms with Gasteiger partial charge in [0.15, 0.2) is 0 Å². The number of pyridine rings is 1. The van der Waals surface area contributed by atoms with Crippen LogP contribution in [0, 0.1) is 5.92 Å². The first-order valence-corrected chi connectivity index (χ1v) is 14.3. The molecular weight excluding hydrogens is 542 g/mol. The molecule has 2 aliphatic rings. The summed E-state index contributed by atoms with van der Waals surface area (Å²) in [6, 6.07) is 18.3. The topological polar surface area (TPSA) is 71.0 Å². The minimum absolute atomic E-state index is 0.333. The van der Waals surface area contributed by atoms with Gasteiger partial charge in [-0.2, -0.15) is 0 Å². The highest BCUT2D eigenvalue weighted by atomic mass is 79.9. The van der Waals surface area contributed by atoms with Crippen molar-refractivity contribution in [3.63, 3.8) is 0 Å². The van der Waals surface area contributed by atoms with Crippen LogP contribution in [-0.2, 0) is 17.7 Å². The lowest BCUT2D eigenvalue weighted by atomic mass is 10.0. The highest BCUT2D eigenvalue weighted by Crippen LogP contribution is 2.33. The Morgan fingerprint density at radius 3 is 2.71 bits per heavy atom. The van der Waals surface area contributed by atoms with Crippen LogP contribution in [0.5, 0.6) is 11.5 Å². The smallest absolute Gasteiger partial charge is 0.130 e. The van der Waals surface area contributed by atoms with Gasteiger partial charge < -0.3 is 20.1 Å². The predicted molar refractivity (Wildman–Crippen MR) is 157 cm³/mol. The Labute approximate surface area is 233 Å². The Morgan fingerprint density at radius 2 is 1.87 bits per heavy atom. The lowest BCUT2D eigenvalue weighted by Crippen LogP contribution is -2.37. The molecule has 5 rings (SSSR count). The first kappa shape index (κ1) is 26.8. The summed E-state index contributed by atoms with van der Waals surface area (Å²) in [5, 5.41) is 7.04. The van der Waals surface area contributed by atoms with Gasteiger partial charge in [-0.3, -0.25) is 9.88 Å². The van der Waals surface area contributed by atoms with E-state index >= 15 is 0 Å². The SMILES string of the molecule is CC1CCc2ccc(Oc3ccnc(CNCCCN4CCOCC4)c3)cc2N=C1Nc1ccc(Br)cc1. The van der Waals surface area contributed by atoms with Gasteiger partial charge in [-0.05, 0) is 74.3 Å². The van der Waals surface area contributed by atoms with Gasteiger partial charge in [-0.1, -0.05) is 28.9 Å². The summed E-state index contributed by atoms with van der Waals surface area (Å²) in [7, 11) is 0. The van der Waals surface area contributed by atoms with Gasteiger partial charge in [0, 0.05) is 54.0 Å². The number of hydrogen-bond acceptors (Lipinski definition) is 7. The molecule has 3 heterocycles. The largest absolute Gasteiger partial charge is 0.457 e. The van der Waals surface area contributed by atoms with Crippen LogP contribution in [0.25, 0.3) is 0 Å². The summed E-state index contributed by atoms with van der Waals surface area (Å²) in [4.78, 5) is 12.0. The van der Waals surface area contributed by atoms with E-state index in [0.29, 0.717) is 5.92 Å². The van der Waals surface area contributed by atoms with Gasteiger partial charge in [0.1, 0.15) is 17.3 Å². The number of fused-ring (bicyclic) bond motifs is 1. The van der Waals surface area contributed by atoms with Crippen molar-refractivity contribution in [3.05, 3.63) is 76.5 Å². The van der Waals surface area contributed by atoms with Crippen LogP contribution in [0.15, 0.2) is 70.3 Å².